The molecule has 0 saturated heterocycles. The van der Waals surface area contributed by atoms with Crippen molar-refractivity contribution in [1.82, 2.24) is 9.55 Å². The lowest BCUT2D eigenvalue weighted by Gasteiger charge is -2.04. The number of rotatable bonds is 3. The quantitative estimate of drug-likeness (QED) is 0.768. The van der Waals surface area contributed by atoms with Gasteiger partial charge >= 0.3 is 5.97 Å². The molecule has 90 valence electrons. The van der Waals surface area contributed by atoms with Gasteiger partial charge in [0.05, 0.1) is 17.6 Å². The number of aromatic nitrogens is 2. The van der Waals surface area contributed by atoms with Crippen molar-refractivity contribution in [2.45, 2.75) is 20.4 Å². The Balaban J connectivity index is 2.59. The first-order chi connectivity index (χ1) is 8.17. The van der Waals surface area contributed by atoms with Gasteiger partial charge in [0, 0.05) is 12.6 Å². The molecule has 0 aliphatic heterocycles. The SMILES string of the molecule is CCOC(=O)c1nc2cc(F)ccc2n1CC. The maximum atomic E-state index is 13.1. The Morgan fingerprint density at radius 3 is 2.88 bits per heavy atom. The van der Waals surface area contributed by atoms with Crippen LogP contribution >= 0.6 is 0 Å². The molecule has 1 heterocycles. The standard InChI is InChI=1S/C12H13FN2O2/c1-3-15-10-6-5-8(13)7-9(10)14-11(15)12(16)17-4-2/h5-7H,3-4H2,1-2H3. The van der Waals surface area contributed by atoms with Crippen LogP contribution in [0.1, 0.15) is 24.5 Å². The molecule has 1 aromatic heterocycles. The van der Waals surface area contributed by atoms with Gasteiger partial charge in [0.1, 0.15) is 5.82 Å². The second-order valence-electron chi connectivity index (χ2n) is 3.53. The molecule has 0 bridgehead atoms. The van der Waals surface area contributed by atoms with E-state index in [0.717, 1.165) is 5.52 Å². The summed E-state index contributed by atoms with van der Waals surface area (Å²) in [5.74, 6) is -0.630. The number of halogens is 1. The molecule has 1 aromatic carbocycles. The van der Waals surface area contributed by atoms with Gasteiger partial charge in [-0.1, -0.05) is 0 Å². The third-order valence-corrected chi connectivity index (χ3v) is 2.48. The van der Waals surface area contributed by atoms with Gasteiger partial charge in [0.2, 0.25) is 5.82 Å². The molecule has 0 atom stereocenters. The molecular formula is C12H13FN2O2. The average molecular weight is 236 g/mol. The van der Waals surface area contributed by atoms with E-state index < -0.39 is 5.97 Å². The van der Waals surface area contributed by atoms with E-state index in [0.29, 0.717) is 18.7 Å². The number of ether oxygens (including phenoxy) is 1. The predicted octanol–water partition coefficient (Wildman–Crippen LogP) is 2.37. The first kappa shape index (κ1) is 11.6. The number of hydrogen-bond donors (Lipinski definition) is 0. The lowest BCUT2D eigenvalue weighted by molar-refractivity contribution is 0.0507. The zero-order valence-electron chi connectivity index (χ0n) is 9.74. The van der Waals surface area contributed by atoms with Crippen LogP contribution in [0.25, 0.3) is 11.0 Å². The zero-order chi connectivity index (χ0) is 12.4. The van der Waals surface area contributed by atoms with Gasteiger partial charge in [-0.25, -0.2) is 14.2 Å². The zero-order valence-corrected chi connectivity index (χ0v) is 9.74. The number of nitrogens with zero attached hydrogens (tertiary/aromatic N) is 2. The van der Waals surface area contributed by atoms with Crippen LogP contribution in [0.15, 0.2) is 18.2 Å². The van der Waals surface area contributed by atoms with E-state index in [1.165, 1.54) is 12.1 Å². The lowest BCUT2D eigenvalue weighted by Crippen LogP contribution is -2.12. The van der Waals surface area contributed by atoms with Gasteiger partial charge in [-0.15, -0.1) is 0 Å². The number of fused-ring (bicyclic) bond motifs is 1. The molecule has 5 heteroatoms. The second kappa shape index (κ2) is 4.53. The van der Waals surface area contributed by atoms with E-state index in [9.17, 15) is 9.18 Å². The number of aryl methyl sites for hydroxylation is 1. The summed E-state index contributed by atoms with van der Waals surface area (Å²) in [6.07, 6.45) is 0. The summed E-state index contributed by atoms with van der Waals surface area (Å²) in [6, 6.07) is 4.28. The van der Waals surface area contributed by atoms with Crippen LogP contribution in [-0.4, -0.2) is 22.1 Å². The van der Waals surface area contributed by atoms with Crippen molar-refractivity contribution < 1.29 is 13.9 Å². The predicted molar refractivity (Wildman–Crippen MR) is 61.3 cm³/mol. The minimum atomic E-state index is -0.481. The Labute approximate surface area is 98.0 Å². The van der Waals surface area contributed by atoms with E-state index >= 15 is 0 Å². The molecule has 4 nitrogen and oxygen atoms in total. The number of carbonyl (C=O) groups excluding carboxylic acids is 1. The minimum absolute atomic E-state index is 0.218. The number of imidazole rings is 1. The Morgan fingerprint density at radius 1 is 1.47 bits per heavy atom. The summed E-state index contributed by atoms with van der Waals surface area (Å²) in [6.45, 7) is 4.50. The van der Waals surface area contributed by atoms with E-state index in [-0.39, 0.29) is 11.6 Å². The van der Waals surface area contributed by atoms with Gasteiger partial charge in [-0.05, 0) is 26.0 Å². The minimum Gasteiger partial charge on any atom is -0.460 e. The average Bonchev–Trinajstić information content (AvgIpc) is 2.66. The van der Waals surface area contributed by atoms with Crippen LogP contribution in [0, 0.1) is 5.82 Å². The molecule has 0 fully saturated rings. The summed E-state index contributed by atoms with van der Waals surface area (Å²) in [5.41, 5.74) is 1.20. The fraction of sp³-hybridized carbons (Fsp3) is 0.333. The summed E-state index contributed by atoms with van der Waals surface area (Å²) in [5, 5.41) is 0. The highest BCUT2D eigenvalue weighted by Gasteiger charge is 2.17. The molecule has 2 rings (SSSR count). The second-order valence-corrected chi connectivity index (χ2v) is 3.53. The Kier molecular flexibility index (Phi) is 3.08. The van der Waals surface area contributed by atoms with Crippen LogP contribution in [0.4, 0.5) is 4.39 Å². The van der Waals surface area contributed by atoms with E-state index in [4.69, 9.17) is 4.74 Å². The van der Waals surface area contributed by atoms with Gasteiger partial charge in [0.15, 0.2) is 0 Å². The Morgan fingerprint density at radius 2 is 2.24 bits per heavy atom. The Bertz CT molecular complexity index is 563. The van der Waals surface area contributed by atoms with Crippen molar-refractivity contribution in [2.75, 3.05) is 6.61 Å². The smallest absolute Gasteiger partial charge is 0.374 e. The van der Waals surface area contributed by atoms with Crippen molar-refractivity contribution in [2.24, 2.45) is 0 Å². The largest absolute Gasteiger partial charge is 0.460 e. The molecule has 0 spiro atoms. The molecule has 0 aliphatic carbocycles. The summed E-state index contributed by atoms with van der Waals surface area (Å²) < 4.78 is 19.7. The van der Waals surface area contributed by atoms with Gasteiger partial charge < -0.3 is 9.30 Å². The molecule has 2 aromatic rings. The van der Waals surface area contributed by atoms with Gasteiger partial charge in [-0.2, -0.15) is 0 Å². The number of benzene rings is 1. The summed E-state index contributed by atoms with van der Waals surface area (Å²) in [7, 11) is 0. The Hall–Kier alpha value is -1.91. The van der Waals surface area contributed by atoms with Crippen molar-refractivity contribution in [1.29, 1.82) is 0 Å². The molecule has 0 amide bonds. The van der Waals surface area contributed by atoms with Gasteiger partial charge in [0.25, 0.3) is 0 Å². The van der Waals surface area contributed by atoms with Crippen molar-refractivity contribution in [3.8, 4) is 0 Å². The van der Waals surface area contributed by atoms with E-state index in [1.807, 2.05) is 6.92 Å². The fourth-order valence-electron chi connectivity index (χ4n) is 1.77. The normalized spacial score (nSPS) is 10.8. The molecule has 0 N–H and O–H groups in total. The molecule has 0 unspecified atom stereocenters. The highest BCUT2D eigenvalue weighted by Crippen LogP contribution is 2.18. The van der Waals surface area contributed by atoms with Crippen molar-refractivity contribution in [3.05, 3.63) is 29.8 Å². The van der Waals surface area contributed by atoms with E-state index in [1.54, 1.807) is 17.6 Å². The number of esters is 1. The van der Waals surface area contributed by atoms with Crippen LogP contribution in [-0.2, 0) is 11.3 Å². The van der Waals surface area contributed by atoms with Crippen molar-refractivity contribution >= 4 is 17.0 Å². The molecular weight excluding hydrogens is 223 g/mol. The first-order valence-corrected chi connectivity index (χ1v) is 5.50. The lowest BCUT2D eigenvalue weighted by atomic mass is 10.3. The highest BCUT2D eigenvalue weighted by molar-refractivity contribution is 5.91. The van der Waals surface area contributed by atoms with E-state index in [2.05, 4.69) is 4.98 Å². The molecule has 0 radical (unpaired) electrons. The van der Waals surface area contributed by atoms with Gasteiger partial charge in [-0.3, -0.25) is 0 Å². The molecule has 0 aliphatic rings. The first-order valence-electron chi connectivity index (χ1n) is 5.50. The fourth-order valence-corrected chi connectivity index (χ4v) is 1.77. The maximum Gasteiger partial charge on any atom is 0.374 e. The number of hydrogen-bond acceptors (Lipinski definition) is 3. The monoisotopic (exact) mass is 236 g/mol. The van der Waals surface area contributed by atoms with Crippen LogP contribution < -0.4 is 0 Å². The number of carbonyl (C=O) groups is 1. The van der Waals surface area contributed by atoms with Crippen LogP contribution in [0.3, 0.4) is 0 Å². The maximum absolute atomic E-state index is 13.1. The summed E-state index contributed by atoms with van der Waals surface area (Å²) in [4.78, 5) is 15.8. The van der Waals surface area contributed by atoms with Crippen LogP contribution in [0.2, 0.25) is 0 Å². The van der Waals surface area contributed by atoms with Crippen LogP contribution in [0.5, 0.6) is 0 Å². The highest BCUT2D eigenvalue weighted by atomic mass is 19.1. The molecule has 17 heavy (non-hydrogen) atoms. The third kappa shape index (κ3) is 2.00. The molecule has 0 saturated carbocycles. The topological polar surface area (TPSA) is 44.1 Å². The van der Waals surface area contributed by atoms with Crippen molar-refractivity contribution in [3.63, 3.8) is 0 Å². The summed E-state index contributed by atoms with van der Waals surface area (Å²) >= 11 is 0. The third-order valence-electron chi connectivity index (χ3n) is 2.48.